The van der Waals surface area contributed by atoms with Gasteiger partial charge in [0.25, 0.3) is 5.91 Å². The van der Waals surface area contributed by atoms with Gasteiger partial charge in [-0.2, -0.15) is 5.10 Å². The lowest BCUT2D eigenvalue weighted by atomic mass is 10.1. The molecule has 24 heavy (non-hydrogen) atoms. The molecule has 7 nitrogen and oxygen atoms in total. The third kappa shape index (κ3) is 3.21. The van der Waals surface area contributed by atoms with Crippen molar-refractivity contribution < 1.29 is 4.79 Å². The normalized spacial score (nSPS) is 19.0. The molecule has 0 saturated carbocycles. The summed E-state index contributed by atoms with van der Waals surface area (Å²) in [7, 11) is 2.00. The van der Waals surface area contributed by atoms with Crippen LogP contribution in [0.5, 0.6) is 0 Å². The van der Waals surface area contributed by atoms with Crippen LogP contribution in [0.2, 0.25) is 0 Å². The van der Waals surface area contributed by atoms with E-state index in [0.29, 0.717) is 12.2 Å². The summed E-state index contributed by atoms with van der Waals surface area (Å²) in [4.78, 5) is 21.6. The highest BCUT2D eigenvalue weighted by molar-refractivity contribution is 5.92. The van der Waals surface area contributed by atoms with Crippen LogP contribution in [0.25, 0.3) is 0 Å². The number of imidazole rings is 1. The SMILES string of the molecule is CCCc1cc(C(=O)N2CCN(CC)[C@@H](c3nccn3C)C2)n[nH]1. The van der Waals surface area contributed by atoms with E-state index >= 15 is 0 Å². The molecule has 1 N–H and O–H groups in total. The smallest absolute Gasteiger partial charge is 0.274 e. The quantitative estimate of drug-likeness (QED) is 0.904. The van der Waals surface area contributed by atoms with E-state index in [4.69, 9.17) is 0 Å². The number of carbonyl (C=O) groups excluding carboxylic acids is 1. The number of aryl methyl sites for hydroxylation is 2. The Morgan fingerprint density at radius 3 is 2.88 bits per heavy atom. The van der Waals surface area contributed by atoms with Gasteiger partial charge in [-0.15, -0.1) is 0 Å². The van der Waals surface area contributed by atoms with Crippen LogP contribution >= 0.6 is 0 Å². The zero-order valence-electron chi connectivity index (χ0n) is 14.7. The average Bonchev–Trinajstić information content (AvgIpc) is 3.23. The third-order valence-electron chi connectivity index (χ3n) is 4.71. The topological polar surface area (TPSA) is 70.1 Å². The molecule has 0 spiro atoms. The van der Waals surface area contributed by atoms with Gasteiger partial charge in [-0.05, 0) is 19.0 Å². The summed E-state index contributed by atoms with van der Waals surface area (Å²) in [6, 6.07) is 2.01. The molecular formula is C17H26N6O. The first-order valence-corrected chi connectivity index (χ1v) is 8.68. The minimum absolute atomic E-state index is 0.00330. The fourth-order valence-corrected chi connectivity index (χ4v) is 3.36. The van der Waals surface area contributed by atoms with Crippen molar-refractivity contribution in [3.63, 3.8) is 0 Å². The lowest BCUT2D eigenvalue weighted by molar-refractivity contribution is 0.0467. The minimum atomic E-state index is 0.00330. The standard InChI is InChI=1S/C17H26N6O/c1-4-6-13-11-14(20-19-13)17(24)23-10-9-22(5-2)15(12-23)16-18-7-8-21(16)3/h7-8,11,15H,4-6,9-10,12H2,1-3H3,(H,19,20)/t15-/m1/s1. The maximum absolute atomic E-state index is 12.8. The summed E-state index contributed by atoms with van der Waals surface area (Å²) in [5.41, 5.74) is 1.54. The highest BCUT2D eigenvalue weighted by Gasteiger charge is 2.32. The highest BCUT2D eigenvalue weighted by Crippen LogP contribution is 2.24. The number of H-pyrrole nitrogens is 1. The molecule has 1 atom stereocenters. The van der Waals surface area contributed by atoms with E-state index < -0.39 is 0 Å². The number of carbonyl (C=O) groups is 1. The van der Waals surface area contributed by atoms with Gasteiger partial charge in [0.15, 0.2) is 0 Å². The Labute approximate surface area is 142 Å². The Kier molecular flexibility index (Phi) is 4.99. The molecule has 3 rings (SSSR count). The fourth-order valence-electron chi connectivity index (χ4n) is 3.36. The number of aromatic amines is 1. The number of amides is 1. The number of hydrogen-bond acceptors (Lipinski definition) is 4. The van der Waals surface area contributed by atoms with Gasteiger partial charge in [0, 0.05) is 44.8 Å². The molecule has 1 aliphatic rings. The van der Waals surface area contributed by atoms with Crippen LogP contribution in [0.3, 0.4) is 0 Å². The second-order valence-electron chi connectivity index (χ2n) is 6.32. The van der Waals surface area contributed by atoms with Gasteiger partial charge in [0.1, 0.15) is 11.5 Å². The molecule has 0 aliphatic carbocycles. The van der Waals surface area contributed by atoms with Crippen LogP contribution in [0.1, 0.15) is 48.3 Å². The Hall–Kier alpha value is -2.15. The van der Waals surface area contributed by atoms with E-state index in [0.717, 1.165) is 44.0 Å². The number of piperazine rings is 1. The van der Waals surface area contributed by atoms with Gasteiger partial charge >= 0.3 is 0 Å². The van der Waals surface area contributed by atoms with Crippen molar-refractivity contribution in [1.82, 2.24) is 29.5 Å². The van der Waals surface area contributed by atoms with Crippen LogP contribution < -0.4 is 0 Å². The number of aromatic nitrogens is 4. The molecule has 1 fully saturated rings. The van der Waals surface area contributed by atoms with E-state index in [1.807, 2.05) is 35.0 Å². The van der Waals surface area contributed by atoms with E-state index in [9.17, 15) is 4.79 Å². The zero-order valence-corrected chi connectivity index (χ0v) is 14.7. The number of hydrogen-bond donors (Lipinski definition) is 1. The van der Waals surface area contributed by atoms with Crippen LogP contribution in [0.4, 0.5) is 0 Å². The van der Waals surface area contributed by atoms with Crippen molar-refractivity contribution in [2.24, 2.45) is 7.05 Å². The predicted octanol–water partition coefficient (Wildman–Crippen LogP) is 1.61. The summed E-state index contributed by atoms with van der Waals surface area (Å²) in [5.74, 6) is 1.01. The predicted molar refractivity (Wildman–Crippen MR) is 91.7 cm³/mol. The molecule has 130 valence electrons. The summed E-state index contributed by atoms with van der Waals surface area (Å²) >= 11 is 0. The Morgan fingerprint density at radius 1 is 1.38 bits per heavy atom. The van der Waals surface area contributed by atoms with Crippen LogP contribution in [-0.4, -0.2) is 61.6 Å². The lowest BCUT2D eigenvalue weighted by Gasteiger charge is -2.40. The van der Waals surface area contributed by atoms with Gasteiger partial charge in [-0.25, -0.2) is 4.98 Å². The maximum atomic E-state index is 12.8. The molecule has 3 heterocycles. The van der Waals surface area contributed by atoms with Crippen molar-refractivity contribution in [3.8, 4) is 0 Å². The van der Waals surface area contributed by atoms with E-state index in [2.05, 4.69) is 33.9 Å². The van der Waals surface area contributed by atoms with Crippen LogP contribution in [0.15, 0.2) is 18.5 Å². The van der Waals surface area contributed by atoms with Crippen molar-refractivity contribution >= 4 is 5.91 Å². The molecule has 0 bridgehead atoms. The van der Waals surface area contributed by atoms with Crippen LogP contribution in [-0.2, 0) is 13.5 Å². The van der Waals surface area contributed by atoms with Gasteiger partial charge < -0.3 is 9.47 Å². The molecule has 7 heteroatoms. The number of rotatable bonds is 5. The second-order valence-corrected chi connectivity index (χ2v) is 6.32. The summed E-state index contributed by atoms with van der Waals surface area (Å²) in [6.07, 6.45) is 5.72. The first kappa shape index (κ1) is 16.7. The Balaban J connectivity index is 1.76. The molecule has 1 saturated heterocycles. The largest absolute Gasteiger partial charge is 0.337 e. The summed E-state index contributed by atoms with van der Waals surface area (Å²) in [6.45, 7) is 7.44. The minimum Gasteiger partial charge on any atom is -0.337 e. The average molecular weight is 330 g/mol. The van der Waals surface area contributed by atoms with Crippen molar-refractivity contribution in [2.75, 3.05) is 26.2 Å². The molecule has 1 aliphatic heterocycles. The molecule has 0 radical (unpaired) electrons. The molecule has 2 aromatic rings. The number of likely N-dealkylation sites (N-methyl/N-ethyl adjacent to an activating group) is 1. The molecular weight excluding hydrogens is 304 g/mol. The summed E-state index contributed by atoms with van der Waals surface area (Å²) < 4.78 is 2.04. The van der Waals surface area contributed by atoms with Gasteiger partial charge in [0.2, 0.25) is 0 Å². The van der Waals surface area contributed by atoms with Crippen molar-refractivity contribution in [1.29, 1.82) is 0 Å². The van der Waals surface area contributed by atoms with Gasteiger partial charge in [0.05, 0.1) is 6.04 Å². The number of nitrogens with one attached hydrogen (secondary N) is 1. The van der Waals surface area contributed by atoms with Crippen LogP contribution in [0, 0.1) is 0 Å². The molecule has 1 amide bonds. The summed E-state index contributed by atoms with van der Waals surface area (Å²) in [5, 5.41) is 7.17. The fraction of sp³-hybridized carbons (Fsp3) is 0.588. The third-order valence-corrected chi connectivity index (χ3v) is 4.71. The Bertz CT molecular complexity index is 691. The second kappa shape index (κ2) is 7.17. The van der Waals surface area contributed by atoms with Crippen molar-refractivity contribution in [2.45, 2.75) is 32.7 Å². The molecule has 2 aromatic heterocycles. The van der Waals surface area contributed by atoms with Crippen molar-refractivity contribution in [3.05, 3.63) is 35.7 Å². The molecule has 0 aromatic carbocycles. The maximum Gasteiger partial charge on any atom is 0.274 e. The van der Waals surface area contributed by atoms with E-state index in [1.165, 1.54) is 0 Å². The first-order valence-electron chi connectivity index (χ1n) is 8.68. The first-order chi connectivity index (χ1) is 11.6. The van der Waals surface area contributed by atoms with E-state index in [1.54, 1.807) is 0 Å². The van der Waals surface area contributed by atoms with E-state index in [-0.39, 0.29) is 11.9 Å². The highest BCUT2D eigenvalue weighted by atomic mass is 16.2. The monoisotopic (exact) mass is 330 g/mol. The lowest BCUT2D eigenvalue weighted by Crippen LogP contribution is -2.51. The number of nitrogens with zero attached hydrogens (tertiary/aromatic N) is 5. The van der Waals surface area contributed by atoms with Gasteiger partial charge in [-0.1, -0.05) is 20.3 Å². The molecule has 0 unspecified atom stereocenters. The van der Waals surface area contributed by atoms with Gasteiger partial charge in [-0.3, -0.25) is 14.8 Å². The Morgan fingerprint density at radius 2 is 2.21 bits per heavy atom. The zero-order chi connectivity index (χ0) is 17.1.